The molecule has 0 saturated heterocycles. The van der Waals surface area contributed by atoms with Gasteiger partial charge in [-0.2, -0.15) is 5.26 Å². The number of ether oxygens (including phenoxy) is 1. The van der Waals surface area contributed by atoms with Crippen LogP contribution in [0.2, 0.25) is 0 Å². The summed E-state index contributed by atoms with van der Waals surface area (Å²) in [5, 5.41) is 8.59. The van der Waals surface area contributed by atoms with Gasteiger partial charge in [-0.05, 0) is 22.0 Å². The Hall–Kier alpha value is -1.55. The third kappa shape index (κ3) is 2.33. The number of rotatable bonds is 2. The van der Waals surface area contributed by atoms with Crippen LogP contribution in [0.5, 0.6) is 0 Å². The molecule has 1 heterocycles. The number of methoxy groups -OCH3 is 1. The van der Waals surface area contributed by atoms with Crippen LogP contribution >= 0.6 is 15.9 Å². The van der Waals surface area contributed by atoms with Crippen LogP contribution in [0.4, 0.5) is 8.78 Å². The summed E-state index contributed by atoms with van der Waals surface area (Å²) in [4.78, 5) is 14.6. The fraction of sp³-hybridized carbons (Fsp3) is 0.222. The van der Waals surface area contributed by atoms with Gasteiger partial charge in [0.25, 0.3) is 6.43 Å². The van der Waals surface area contributed by atoms with E-state index in [0.717, 1.165) is 13.2 Å². The maximum Gasteiger partial charge on any atom is 0.339 e. The van der Waals surface area contributed by atoms with Gasteiger partial charge in [0.05, 0.1) is 17.1 Å². The van der Waals surface area contributed by atoms with Crippen molar-refractivity contribution in [1.82, 2.24) is 4.98 Å². The molecule has 0 aliphatic carbocycles. The summed E-state index contributed by atoms with van der Waals surface area (Å²) < 4.78 is 29.3. The fourth-order valence-corrected chi connectivity index (χ4v) is 1.55. The van der Waals surface area contributed by atoms with Crippen molar-refractivity contribution in [3.05, 3.63) is 27.5 Å². The molecule has 0 unspecified atom stereocenters. The minimum Gasteiger partial charge on any atom is -0.465 e. The van der Waals surface area contributed by atoms with Gasteiger partial charge in [-0.3, -0.25) is 0 Å². The molecule has 0 fully saturated rings. The van der Waals surface area contributed by atoms with E-state index in [4.69, 9.17) is 5.26 Å². The number of carbonyl (C=O) groups is 1. The Bertz CT molecular complexity index is 471. The molecule has 0 aliphatic heterocycles. The zero-order chi connectivity index (χ0) is 12.3. The largest absolute Gasteiger partial charge is 0.465 e. The van der Waals surface area contributed by atoms with Crippen molar-refractivity contribution in [2.45, 2.75) is 6.43 Å². The van der Waals surface area contributed by atoms with Crippen LogP contribution in [0.25, 0.3) is 0 Å². The molecule has 0 aromatic carbocycles. The van der Waals surface area contributed by atoms with Gasteiger partial charge in [-0.25, -0.2) is 18.6 Å². The van der Waals surface area contributed by atoms with Crippen molar-refractivity contribution >= 4 is 21.9 Å². The Labute approximate surface area is 98.0 Å². The molecule has 84 valence electrons. The Morgan fingerprint density at radius 2 is 2.31 bits per heavy atom. The number of hydrogen-bond donors (Lipinski definition) is 0. The highest BCUT2D eigenvalue weighted by atomic mass is 79.9. The summed E-state index contributed by atoms with van der Waals surface area (Å²) in [5.41, 5.74) is -1.07. The minimum atomic E-state index is -2.88. The van der Waals surface area contributed by atoms with E-state index in [0.29, 0.717) is 0 Å². The van der Waals surface area contributed by atoms with Crippen molar-refractivity contribution in [3.63, 3.8) is 0 Å². The first-order chi connectivity index (χ1) is 7.51. The van der Waals surface area contributed by atoms with Crippen molar-refractivity contribution in [2.24, 2.45) is 0 Å². The molecule has 0 radical (unpaired) electrons. The zero-order valence-electron chi connectivity index (χ0n) is 8.00. The van der Waals surface area contributed by atoms with E-state index in [9.17, 15) is 13.6 Å². The Morgan fingerprint density at radius 3 is 2.75 bits per heavy atom. The third-order valence-corrected chi connectivity index (χ3v) is 2.54. The molecule has 7 heteroatoms. The number of halogens is 3. The highest BCUT2D eigenvalue weighted by Crippen LogP contribution is 2.29. The molecular formula is C9H5BrF2N2O2. The Kier molecular flexibility index (Phi) is 3.90. The second kappa shape index (κ2) is 4.99. The summed E-state index contributed by atoms with van der Waals surface area (Å²) in [6.45, 7) is 0. The first-order valence-corrected chi connectivity index (χ1v) is 4.77. The second-order valence-corrected chi connectivity index (χ2v) is 3.45. The molecule has 0 aliphatic rings. The molecule has 0 spiro atoms. The average Bonchev–Trinajstić information content (AvgIpc) is 2.28. The van der Waals surface area contributed by atoms with Gasteiger partial charge in [0.2, 0.25) is 0 Å². The van der Waals surface area contributed by atoms with E-state index in [1.165, 1.54) is 0 Å². The molecule has 4 nitrogen and oxygen atoms in total. The van der Waals surface area contributed by atoms with Crippen molar-refractivity contribution < 1.29 is 18.3 Å². The van der Waals surface area contributed by atoms with Crippen LogP contribution in [0.3, 0.4) is 0 Å². The molecular weight excluding hydrogens is 286 g/mol. The minimum absolute atomic E-state index is 0.149. The number of carbonyl (C=O) groups excluding carboxylic acids is 1. The van der Waals surface area contributed by atoms with Crippen LogP contribution in [-0.4, -0.2) is 18.1 Å². The van der Waals surface area contributed by atoms with E-state index >= 15 is 0 Å². The molecule has 0 amide bonds. The van der Waals surface area contributed by atoms with E-state index in [1.807, 2.05) is 0 Å². The predicted molar refractivity (Wildman–Crippen MR) is 52.9 cm³/mol. The maximum absolute atomic E-state index is 12.5. The first-order valence-electron chi connectivity index (χ1n) is 3.98. The summed E-state index contributed by atoms with van der Waals surface area (Å²) in [6.07, 6.45) is -2.88. The van der Waals surface area contributed by atoms with Crippen molar-refractivity contribution in [2.75, 3.05) is 7.11 Å². The number of nitriles is 1. The molecule has 1 rings (SSSR count). The quantitative estimate of drug-likeness (QED) is 0.785. The van der Waals surface area contributed by atoms with Crippen LogP contribution in [0.15, 0.2) is 10.5 Å². The monoisotopic (exact) mass is 290 g/mol. The summed E-state index contributed by atoms with van der Waals surface area (Å²) in [5.74, 6) is -0.812. The van der Waals surface area contributed by atoms with Crippen LogP contribution in [0.1, 0.15) is 28.2 Å². The van der Waals surface area contributed by atoms with Gasteiger partial charge in [0.1, 0.15) is 17.5 Å². The number of esters is 1. The summed E-state index contributed by atoms with van der Waals surface area (Å²) >= 11 is 2.83. The van der Waals surface area contributed by atoms with Crippen LogP contribution in [-0.2, 0) is 4.74 Å². The SMILES string of the molecule is COC(=O)c1cc(C#N)nc(C(F)F)c1Br. The molecule has 1 aromatic heterocycles. The van der Waals surface area contributed by atoms with E-state index in [1.54, 1.807) is 6.07 Å². The van der Waals surface area contributed by atoms with E-state index in [-0.39, 0.29) is 15.7 Å². The van der Waals surface area contributed by atoms with E-state index in [2.05, 4.69) is 25.7 Å². The standard InChI is InChI=1S/C9H5BrF2N2O2/c1-16-9(15)5-2-4(3-13)14-7(6(5)10)8(11)12/h2,8H,1H3. The number of hydrogen-bond acceptors (Lipinski definition) is 4. The van der Waals surface area contributed by atoms with Crippen LogP contribution < -0.4 is 0 Å². The molecule has 16 heavy (non-hydrogen) atoms. The lowest BCUT2D eigenvalue weighted by molar-refractivity contribution is 0.0598. The highest BCUT2D eigenvalue weighted by Gasteiger charge is 2.22. The van der Waals surface area contributed by atoms with Gasteiger partial charge >= 0.3 is 5.97 Å². The van der Waals surface area contributed by atoms with E-state index < -0.39 is 18.1 Å². The van der Waals surface area contributed by atoms with Gasteiger partial charge < -0.3 is 4.74 Å². The Morgan fingerprint density at radius 1 is 1.69 bits per heavy atom. The summed E-state index contributed by atoms with van der Waals surface area (Å²) in [7, 11) is 1.11. The lowest BCUT2D eigenvalue weighted by atomic mass is 10.2. The number of nitrogens with zero attached hydrogens (tertiary/aromatic N) is 2. The normalized spacial score (nSPS) is 10.0. The second-order valence-electron chi connectivity index (χ2n) is 2.66. The molecule has 1 aromatic rings. The highest BCUT2D eigenvalue weighted by molar-refractivity contribution is 9.10. The lowest BCUT2D eigenvalue weighted by Crippen LogP contribution is -2.07. The van der Waals surface area contributed by atoms with Crippen molar-refractivity contribution in [1.29, 1.82) is 5.26 Å². The van der Waals surface area contributed by atoms with Crippen molar-refractivity contribution in [3.8, 4) is 6.07 Å². The molecule has 0 saturated carbocycles. The molecule has 0 atom stereocenters. The number of pyridine rings is 1. The third-order valence-electron chi connectivity index (χ3n) is 1.71. The van der Waals surface area contributed by atoms with Gasteiger partial charge in [0, 0.05) is 0 Å². The first kappa shape index (κ1) is 12.5. The van der Waals surface area contributed by atoms with Gasteiger partial charge in [0.15, 0.2) is 0 Å². The predicted octanol–water partition coefficient (Wildman–Crippen LogP) is 2.44. The molecule has 0 bridgehead atoms. The maximum atomic E-state index is 12.5. The Balaban J connectivity index is 3.44. The lowest BCUT2D eigenvalue weighted by Gasteiger charge is -2.07. The number of aromatic nitrogens is 1. The smallest absolute Gasteiger partial charge is 0.339 e. The topological polar surface area (TPSA) is 63.0 Å². The molecule has 0 N–H and O–H groups in total. The number of alkyl halides is 2. The van der Waals surface area contributed by atoms with Gasteiger partial charge in [-0.1, -0.05) is 0 Å². The fourth-order valence-electron chi connectivity index (χ4n) is 1.01. The zero-order valence-corrected chi connectivity index (χ0v) is 9.59. The van der Waals surface area contributed by atoms with Crippen LogP contribution in [0, 0.1) is 11.3 Å². The van der Waals surface area contributed by atoms with Gasteiger partial charge in [-0.15, -0.1) is 0 Å². The summed E-state index contributed by atoms with van der Waals surface area (Å²) in [6, 6.07) is 2.68. The average molecular weight is 291 g/mol.